The molecule has 0 bridgehead atoms. The van der Waals surface area contributed by atoms with Crippen molar-refractivity contribution < 1.29 is 4.74 Å². The number of nitrogens with zero attached hydrogens (tertiary/aromatic N) is 4. The van der Waals surface area contributed by atoms with Gasteiger partial charge < -0.3 is 15.0 Å². The summed E-state index contributed by atoms with van der Waals surface area (Å²) in [6.07, 6.45) is 2.56. The number of rotatable bonds is 7. The highest BCUT2D eigenvalue weighted by Crippen LogP contribution is 2.18. The van der Waals surface area contributed by atoms with E-state index in [4.69, 9.17) is 10.6 Å². The molecule has 1 fully saturated rings. The van der Waals surface area contributed by atoms with Gasteiger partial charge >= 0.3 is 0 Å². The molecule has 0 unspecified atom stereocenters. The third-order valence-corrected chi connectivity index (χ3v) is 2.98. The summed E-state index contributed by atoms with van der Waals surface area (Å²) in [6.45, 7) is 7.21. The maximum absolute atomic E-state index is 5.47. The largest absolute Gasteiger partial charge is 0.377 e. The maximum Gasteiger partial charge on any atom is 0.243 e. The van der Waals surface area contributed by atoms with E-state index in [1.807, 2.05) is 13.8 Å². The maximum atomic E-state index is 5.47. The monoisotopic (exact) mass is 281 g/mol. The van der Waals surface area contributed by atoms with Gasteiger partial charge in [0.25, 0.3) is 0 Å². The average molecular weight is 281 g/mol. The molecule has 1 aromatic heterocycles. The molecule has 0 aromatic carbocycles. The molecule has 0 spiro atoms. The van der Waals surface area contributed by atoms with Crippen molar-refractivity contribution in [2.45, 2.75) is 32.8 Å². The molecule has 0 radical (unpaired) electrons. The molecule has 1 aliphatic rings. The van der Waals surface area contributed by atoms with Crippen LogP contribution in [0.15, 0.2) is 0 Å². The highest BCUT2D eigenvalue weighted by molar-refractivity contribution is 5.43. The van der Waals surface area contributed by atoms with Crippen LogP contribution in [0.5, 0.6) is 0 Å². The van der Waals surface area contributed by atoms with E-state index in [-0.39, 0.29) is 6.10 Å². The van der Waals surface area contributed by atoms with Gasteiger partial charge in [0.2, 0.25) is 17.8 Å². The fourth-order valence-electron chi connectivity index (χ4n) is 2.02. The van der Waals surface area contributed by atoms with E-state index < -0.39 is 0 Å². The fourth-order valence-corrected chi connectivity index (χ4v) is 2.02. The van der Waals surface area contributed by atoms with E-state index in [2.05, 4.69) is 30.6 Å². The molecule has 0 aliphatic carbocycles. The summed E-state index contributed by atoms with van der Waals surface area (Å²) >= 11 is 0. The van der Waals surface area contributed by atoms with Gasteiger partial charge in [-0.1, -0.05) is 0 Å². The summed E-state index contributed by atoms with van der Waals surface area (Å²) in [5.74, 6) is 6.96. The van der Waals surface area contributed by atoms with Gasteiger partial charge in [0.1, 0.15) is 0 Å². The molecule has 2 heterocycles. The van der Waals surface area contributed by atoms with Gasteiger partial charge in [0.05, 0.1) is 12.7 Å². The molecule has 1 saturated heterocycles. The van der Waals surface area contributed by atoms with Crippen LogP contribution in [-0.4, -0.2) is 47.3 Å². The van der Waals surface area contributed by atoms with E-state index in [0.717, 1.165) is 13.1 Å². The van der Waals surface area contributed by atoms with Crippen molar-refractivity contribution in [3.8, 4) is 0 Å². The lowest BCUT2D eigenvalue weighted by molar-refractivity contribution is 0.0870. The molecular weight excluding hydrogens is 258 g/mol. The molecule has 8 nitrogen and oxygen atoms in total. The average Bonchev–Trinajstić information content (AvgIpc) is 2.97. The molecule has 2 rings (SSSR count). The van der Waals surface area contributed by atoms with Crippen LogP contribution < -0.4 is 21.5 Å². The Bertz CT molecular complexity index is 420. The summed E-state index contributed by atoms with van der Waals surface area (Å²) in [7, 11) is 0. The SMILES string of the molecule is CC(C)OCCNc1nc(NN)nc(N2CCCC2)n1. The van der Waals surface area contributed by atoms with Gasteiger partial charge in [-0.05, 0) is 26.7 Å². The molecule has 0 saturated carbocycles. The number of anilines is 3. The van der Waals surface area contributed by atoms with E-state index in [1.165, 1.54) is 12.8 Å². The van der Waals surface area contributed by atoms with Crippen LogP contribution in [0.4, 0.5) is 17.8 Å². The summed E-state index contributed by atoms with van der Waals surface area (Å²) in [5, 5.41) is 3.13. The second-order valence-electron chi connectivity index (χ2n) is 4.97. The van der Waals surface area contributed by atoms with Crippen molar-refractivity contribution >= 4 is 17.8 Å². The Morgan fingerprint density at radius 3 is 2.55 bits per heavy atom. The molecule has 0 amide bonds. The van der Waals surface area contributed by atoms with Gasteiger partial charge in [0, 0.05) is 19.6 Å². The Labute approximate surface area is 119 Å². The minimum atomic E-state index is 0.219. The van der Waals surface area contributed by atoms with Crippen LogP contribution >= 0.6 is 0 Å². The second kappa shape index (κ2) is 7.20. The second-order valence-corrected chi connectivity index (χ2v) is 4.97. The first-order chi connectivity index (χ1) is 9.69. The predicted octanol–water partition coefficient (Wildman–Crippen LogP) is 0.594. The number of hydrogen-bond donors (Lipinski definition) is 3. The number of hydrazine groups is 1. The number of nitrogen functional groups attached to an aromatic ring is 1. The van der Waals surface area contributed by atoms with Crippen molar-refractivity contribution in [2.75, 3.05) is 41.9 Å². The van der Waals surface area contributed by atoms with Crippen LogP contribution in [0.3, 0.4) is 0 Å². The number of nitrogens with one attached hydrogen (secondary N) is 2. The Kier molecular flexibility index (Phi) is 5.31. The van der Waals surface area contributed by atoms with Gasteiger partial charge in [-0.3, -0.25) is 5.43 Å². The zero-order valence-electron chi connectivity index (χ0n) is 12.1. The summed E-state index contributed by atoms with van der Waals surface area (Å²) in [4.78, 5) is 15.0. The quantitative estimate of drug-likeness (QED) is 0.379. The lowest BCUT2D eigenvalue weighted by Crippen LogP contribution is -2.24. The first kappa shape index (κ1) is 14.7. The zero-order chi connectivity index (χ0) is 14.4. The Balaban J connectivity index is 1.98. The highest BCUT2D eigenvalue weighted by Gasteiger charge is 2.17. The van der Waals surface area contributed by atoms with Crippen molar-refractivity contribution in [3.63, 3.8) is 0 Å². The third kappa shape index (κ3) is 4.17. The van der Waals surface area contributed by atoms with E-state index >= 15 is 0 Å². The minimum Gasteiger partial charge on any atom is -0.377 e. The molecule has 4 N–H and O–H groups in total. The number of hydrogen-bond acceptors (Lipinski definition) is 8. The third-order valence-electron chi connectivity index (χ3n) is 2.98. The van der Waals surface area contributed by atoms with Crippen LogP contribution in [0.25, 0.3) is 0 Å². The molecule has 112 valence electrons. The van der Waals surface area contributed by atoms with Crippen molar-refractivity contribution in [3.05, 3.63) is 0 Å². The Morgan fingerprint density at radius 1 is 1.20 bits per heavy atom. The molecule has 0 atom stereocenters. The summed E-state index contributed by atoms with van der Waals surface area (Å²) in [5.41, 5.74) is 2.48. The summed E-state index contributed by atoms with van der Waals surface area (Å²) < 4.78 is 5.47. The Hall–Kier alpha value is -1.67. The lowest BCUT2D eigenvalue weighted by atomic mass is 10.4. The van der Waals surface area contributed by atoms with Crippen LogP contribution in [0.1, 0.15) is 26.7 Å². The van der Waals surface area contributed by atoms with Gasteiger partial charge in [0.15, 0.2) is 0 Å². The number of nitrogens with two attached hydrogens (primary N) is 1. The first-order valence-corrected chi connectivity index (χ1v) is 7.02. The summed E-state index contributed by atoms with van der Waals surface area (Å²) in [6, 6.07) is 0. The Morgan fingerprint density at radius 2 is 1.90 bits per heavy atom. The van der Waals surface area contributed by atoms with Crippen molar-refractivity contribution in [2.24, 2.45) is 5.84 Å². The molecule has 20 heavy (non-hydrogen) atoms. The van der Waals surface area contributed by atoms with Crippen LogP contribution in [-0.2, 0) is 4.74 Å². The van der Waals surface area contributed by atoms with Crippen LogP contribution in [0, 0.1) is 0 Å². The standard InChI is InChI=1S/C12H23N7O/c1-9(2)20-8-5-14-10-15-11(18-13)17-12(16-10)19-6-3-4-7-19/h9H,3-8,13H2,1-2H3,(H2,14,15,16,17,18). The molecule has 8 heteroatoms. The molecule has 1 aromatic rings. The number of ether oxygens (including phenoxy) is 1. The topological polar surface area (TPSA) is 101 Å². The molecule has 1 aliphatic heterocycles. The number of aromatic nitrogens is 3. The zero-order valence-corrected chi connectivity index (χ0v) is 12.1. The van der Waals surface area contributed by atoms with E-state index in [0.29, 0.717) is 31.0 Å². The minimum absolute atomic E-state index is 0.219. The predicted molar refractivity (Wildman–Crippen MR) is 78.7 cm³/mol. The molecular formula is C12H23N7O. The normalized spacial score (nSPS) is 14.9. The van der Waals surface area contributed by atoms with Gasteiger partial charge in [-0.2, -0.15) is 15.0 Å². The van der Waals surface area contributed by atoms with Gasteiger partial charge in [-0.15, -0.1) is 0 Å². The smallest absolute Gasteiger partial charge is 0.243 e. The highest BCUT2D eigenvalue weighted by atomic mass is 16.5. The van der Waals surface area contributed by atoms with Crippen molar-refractivity contribution in [1.82, 2.24) is 15.0 Å². The first-order valence-electron chi connectivity index (χ1n) is 7.02. The van der Waals surface area contributed by atoms with Crippen molar-refractivity contribution in [1.29, 1.82) is 0 Å². The van der Waals surface area contributed by atoms with Crippen LogP contribution in [0.2, 0.25) is 0 Å². The van der Waals surface area contributed by atoms with E-state index in [9.17, 15) is 0 Å². The van der Waals surface area contributed by atoms with E-state index in [1.54, 1.807) is 0 Å². The van der Waals surface area contributed by atoms with Gasteiger partial charge in [-0.25, -0.2) is 5.84 Å². The fraction of sp³-hybridized carbons (Fsp3) is 0.750. The lowest BCUT2D eigenvalue weighted by Gasteiger charge is -2.16.